The van der Waals surface area contributed by atoms with E-state index in [1.807, 2.05) is 0 Å². The summed E-state index contributed by atoms with van der Waals surface area (Å²) in [6.07, 6.45) is 6.46. The standard InChI is InChI=1S/C17H25NO2S/c19-21(20)10-4-7-17(21)13-18-16-9-8-15(12-16)11-14-5-2-1-3-6-14/h1-3,5-6,15-18H,4,7-13H2/t15-,16+,17+/m0/s1. The molecular weight excluding hydrogens is 282 g/mol. The molecule has 3 nitrogen and oxygen atoms in total. The van der Waals surface area contributed by atoms with E-state index in [0.29, 0.717) is 18.3 Å². The lowest BCUT2D eigenvalue weighted by Gasteiger charge is -2.16. The highest BCUT2D eigenvalue weighted by molar-refractivity contribution is 7.92. The summed E-state index contributed by atoms with van der Waals surface area (Å²) in [4.78, 5) is 0. The largest absolute Gasteiger partial charge is 0.313 e. The molecule has 0 bridgehead atoms. The summed E-state index contributed by atoms with van der Waals surface area (Å²) in [5, 5.41) is 3.38. The van der Waals surface area contributed by atoms with Gasteiger partial charge in [0.25, 0.3) is 0 Å². The molecule has 1 aromatic rings. The first kappa shape index (κ1) is 15.0. The maximum atomic E-state index is 11.8. The zero-order valence-electron chi connectivity index (χ0n) is 12.5. The SMILES string of the molecule is O=S1(=O)CCC[C@@H]1CN[C@@H]1CC[C@@H](Cc2ccccc2)C1. The van der Waals surface area contributed by atoms with E-state index in [9.17, 15) is 8.42 Å². The van der Waals surface area contributed by atoms with Crippen LogP contribution in [0.4, 0.5) is 0 Å². The molecule has 4 heteroatoms. The molecule has 1 N–H and O–H groups in total. The van der Waals surface area contributed by atoms with Crippen LogP contribution < -0.4 is 5.32 Å². The Morgan fingerprint density at radius 1 is 1.10 bits per heavy atom. The average molecular weight is 307 g/mol. The summed E-state index contributed by atoms with van der Waals surface area (Å²) in [5.74, 6) is 1.13. The van der Waals surface area contributed by atoms with Crippen molar-refractivity contribution in [2.24, 2.45) is 5.92 Å². The van der Waals surface area contributed by atoms with Crippen LogP contribution >= 0.6 is 0 Å². The smallest absolute Gasteiger partial charge is 0.154 e. The molecule has 2 fully saturated rings. The summed E-state index contributed by atoms with van der Waals surface area (Å²) in [6.45, 7) is 0.658. The lowest BCUT2D eigenvalue weighted by molar-refractivity contribution is 0.476. The second-order valence-electron chi connectivity index (χ2n) is 6.61. The normalized spacial score (nSPS) is 31.5. The van der Waals surface area contributed by atoms with Crippen molar-refractivity contribution in [2.75, 3.05) is 12.3 Å². The van der Waals surface area contributed by atoms with E-state index in [4.69, 9.17) is 0 Å². The molecule has 0 aromatic heterocycles. The van der Waals surface area contributed by atoms with Crippen molar-refractivity contribution >= 4 is 9.84 Å². The van der Waals surface area contributed by atoms with Crippen molar-refractivity contribution in [3.8, 4) is 0 Å². The lowest BCUT2D eigenvalue weighted by Crippen LogP contribution is -2.36. The van der Waals surface area contributed by atoms with Crippen molar-refractivity contribution in [1.29, 1.82) is 0 Å². The van der Waals surface area contributed by atoms with E-state index in [2.05, 4.69) is 35.6 Å². The third-order valence-electron chi connectivity index (χ3n) is 5.01. The fraction of sp³-hybridized carbons (Fsp3) is 0.647. The van der Waals surface area contributed by atoms with Crippen molar-refractivity contribution in [3.05, 3.63) is 35.9 Å². The van der Waals surface area contributed by atoms with E-state index >= 15 is 0 Å². The Kier molecular flexibility index (Phi) is 4.65. The number of sulfone groups is 1. The van der Waals surface area contributed by atoms with Crippen LogP contribution in [0, 0.1) is 5.92 Å². The molecule has 21 heavy (non-hydrogen) atoms. The Bertz CT molecular complexity index is 555. The molecule has 0 spiro atoms. The quantitative estimate of drug-likeness (QED) is 0.909. The van der Waals surface area contributed by atoms with Crippen LogP contribution in [0.3, 0.4) is 0 Å². The highest BCUT2D eigenvalue weighted by Crippen LogP contribution is 2.29. The van der Waals surface area contributed by atoms with E-state index in [-0.39, 0.29) is 5.25 Å². The molecule has 1 aromatic carbocycles. The van der Waals surface area contributed by atoms with Gasteiger partial charge in [-0.25, -0.2) is 8.42 Å². The van der Waals surface area contributed by atoms with Gasteiger partial charge in [0.1, 0.15) is 0 Å². The van der Waals surface area contributed by atoms with Gasteiger partial charge >= 0.3 is 0 Å². The summed E-state index contributed by atoms with van der Waals surface area (Å²) < 4.78 is 23.7. The molecule has 116 valence electrons. The van der Waals surface area contributed by atoms with Crippen LogP contribution in [0.1, 0.15) is 37.7 Å². The zero-order chi connectivity index (χ0) is 14.7. The van der Waals surface area contributed by atoms with Crippen LogP contribution in [0.15, 0.2) is 30.3 Å². The van der Waals surface area contributed by atoms with Gasteiger partial charge < -0.3 is 5.32 Å². The molecule has 1 saturated heterocycles. The Morgan fingerprint density at radius 2 is 1.90 bits per heavy atom. The van der Waals surface area contributed by atoms with Gasteiger partial charge in [0.15, 0.2) is 9.84 Å². The Labute approximate surface area is 128 Å². The first-order valence-corrected chi connectivity index (χ1v) is 9.84. The van der Waals surface area contributed by atoms with Crippen molar-refractivity contribution in [3.63, 3.8) is 0 Å². The lowest BCUT2D eigenvalue weighted by atomic mass is 9.98. The minimum atomic E-state index is -2.80. The molecule has 3 rings (SSSR count). The third kappa shape index (κ3) is 3.86. The monoisotopic (exact) mass is 307 g/mol. The molecule has 1 heterocycles. The Hall–Kier alpha value is -0.870. The van der Waals surface area contributed by atoms with E-state index in [1.165, 1.54) is 24.8 Å². The maximum Gasteiger partial charge on any atom is 0.154 e. The van der Waals surface area contributed by atoms with E-state index in [1.54, 1.807) is 0 Å². The molecule has 0 radical (unpaired) electrons. The predicted octanol–water partition coefficient (Wildman–Crippen LogP) is 2.56. The fourth-order valence-electron chi connectivity index (χ4n) is 3.78. The van der Waals surface area contributed by atoms with Crippen LogP contribution in [0.25, 0.3) is 0 Å². The van der Waals surface area contributed by atoms with Gasteiger partial charge in [-0.1, -0.05) is 30.3 Å². The number of hydrogen-bond acceptors (Lipinski definition) is 3. The molecule has 1 aliphatic carbocycles. The van der Waals surface area contributed by atoms with Crippen LogP contribution in [-0.2, 0) is 16.3 Å². The molecule has 3 atom stereocenters. The average Bonchev–Trinajstić information content (AvgIpc) is 3.04. The Morgan fingerprint density at radius 3 is 2.62 bits per heavy atom. The second-order valence-corrected chi connectivity index (χ2v) is 9.01. The molecule has 0 amide bonds. The fourth-order valence-corrected chi connectivity index (χ4v) is 5.56. The van der Waals surface area contributed by atoms with Gasteiger partial charge in [0.05, 0.1) is 11.0 Å². The predicted molar refractivity (Wildman–Crippen MR) is 86.1 cm³/mol. The summed E-state index contributed by atoms with van der Waals surface area (Å²) in [6, 6.07) is 11.2. The van der Waals surface area contributed by atoms with Crippen LogP contribution in [0.5, 0.6) is 0 Å². The summed E-state index contributed by atoms with van der Waals surface area (Å²) >= 11 is 0. The molecule has 1 aliphatic heterocycles. The molecule has 0 unspecified atom stereocenters. The van der Waals surface area contributed by atoms with Gasteiger partial charge in [-0.3, -0.25) is 0 Å². The zero-order valence-corrected chi connectivity index (χ0v) is 13.3. The number of benzene rings is 1. The van der Waals surface area contributed by atoms with Crippen LogP contribution in [0.2, 0.25) is 0 Å². The number of hydrogen-bond donors (Lipinski definition) is 1. The highest BCUT2D eigenvalue weighted by Gasteiger charge is 2.32. The van der Waals surface area contributed by atoms with Gasteiger partial charge in [0, 0.05) is 12.6 Å². The molecular formula is C17H25NO2S. The van der Waals surface area contributed by atoms with Gasteiger partial charge in [-0.05, 0) is 50.0 Å². The van der Waals surface area contributed by atoms with Crippen molar-refractivity contribution in [2.45, 2.75) is 49.8 Å². The molecule has 1 saturated carbocycles. The third-order valence-corrected chi connectivity index (χ3v) is 7.28. The van der Waals surface area contributed by atoms with E-state index in [0.717, 1.165) is 25.2 Å². The van der Waals surface area contributed by atoms with Crippen molar-refractivity contribution in [1.82, 2.24) is 5.32 Å². The molecule has 2 aliphatic rings. The topological polar surface area (TPSA) is 46.2 Å². The summed E-state index contributed by atoms with van der Waals surface area (Å²) in [7, 11) is -2.80. The van der Waals surface area contributed by atoms with Gasteiger partial charge in [0.2, 0.25) is 0 Å². The van der Waals surface area contributed by atoms with E-state index < -0.39 is 9.84 Å². The minimum Gasteiger partial charge on any atom is -0.313 e. The Balaban J connectivity index is 1.45. The van der Waals surface area contributed by atoms with Gasteiger partial charge in [-0.2, -0.15) is 0 Å². The van der Waals surface area contributed by atoms with Gasteiger partial charge in [-0.15, -0.1) is 0 Å². The first-order valence-electron chi connectivity index (χ1n) is 8.12. The van der Waals surface area contributed by atoms with Crippen molar-refractivity contribution < 1.29 is 8.42 Å². The summed E-state index contributed by atoms with van der Waals surface area (Å²) in [5.41, 5.74) is 1.42. The number of nitrogens with one attached hydrogen (secondary N) is 1. The maximum absolute atomic E-state index is 11.8. The first-order chi connectivity index (χ1) is 10.1. The highest BCUT2D eigenvalue weighted by atomic mass is 32.2. The minimum absolute atomic E-state index is 0.134. The second kappa shape index (κ2) is 6.49. The van der Waals surface area contributed by atoms with Crippen LogP contribution in [-0.4, -0.2) is 32.0 Å². The number of rotatable bonds is 5.